The maximum absolute atomic E-state index is 13.2. The van der Waals surface area contributed by atoms with Crippen molar-refractivity contribution in [1.29, 1.82) is 0 Å². The Morgan fingerprint density at radius 2 is 1.64 bits per heavy atom. The number of nitrogens with zero attached hydrogens (tertiary/aromatic N) is 2. The van der Waals surface area contributed by atoms with Gasteiger partial charge in [-0.1, -0.05) is 25.0 Å². The monoisotopic (exact) mass is 454 g/mol. The number of rotatable bonds is 4. The van der Waals surface area contributed by atoms with Crippen LogP contribution in [0.3, 0.4) is 0 Å². The fraction of sp³-hybridized carbons (Fsp3) is 0.682. The summed E-state index contributed by atoms with van der Waals surface area (Å²) in [6.45, 7) is 0.505. The molecule has 3 aliphatic rings. The minimum Gasteiger partial charge on any atom is -1.00 e. The van der Waals surface area contributed by atoms with Crippen molar-refractivity contribution in [3.05, 3.63) is 35.6 Å². The summed E-state index contributed by atoms with van der Waals surface area (Å²) in [4.78, 5) is 15.0. The standard InChI is InChI=1S/C22H32FN2O2.BrH/c1-25(2)19-11-12-20(25)14-21(13-19)27-22(26)24(18-5-3-4-6-18)15-16-7-9-17(23)10-8-16;/h7-10,18-21H,3-6,11-15H2,1-2H3;1H/q+1;/p-1/t19-,20+,21+;. The van der Waals surface area contributed by atoms with Gasteiger partial charge in [-0.2, -0.15) is 0 Å². The first kappa shape index (κ1) is 21.6. The molecule has 28 heavy (non-hydrogen) atoms. The highest BCUT2D eigenvalue weighted by molar-refractivity contribution is 5.68. The van der Waals surface area contributed by atoms with Crippen LogP contribution in [0.2, 0.25) is 0 Å². The summed E-state index contributed by atoms with van der Waals surface area (Å²) >= 11 is 0. The van der Waals surface area contributed by atoms with Gasteiger partial charge in [-0.15, -0.1) is 0 Å². The van der Waals surface area contributed by atoms with Gasteiger partial charge < -0.3 is 31.1 Å². The van der Waals surface area contributed by atoms with E-state index in [0.717, 1.165) is 48.6 Å². The lowest BCUT2D eigenvalue weighted by Gasteiger charge is -2.44. The second-order valence-corrected chi connectivity index (χ2v) is 9.18. The number of carbonyl (C=O) groups is 1. The van der Waals surface area contributed by atoms with Crippen molar-refractivity contribution in [2.24, 2.45) is 0 Å². The molecule has 3 fully saturated rings. The Morgan fingerprint density at radius 1 is 1.07 bits per heavy atom. The van der Waals surface area contributed by atoms with E-state index in [2.05, 4.69) is 14.1 Å². The zero-order valence-electron chi connectivity index (χ0n) is 16.9. The van der Waals surface area contributed by atoms with E-state index in [4.69, 9.17) is 4.74 Å². The summed E-state index contributed by atoms with van der Waals surface area (Å²) in [5.74, 6) is -0.243. The van der Waals surface area contributed by atoms with Gasteiger partial charge in [0.05, 0.1) is 26.2 Å². The summed E-state index contributed by atoms with van der Waals surface area (Å²) in [6, 6.07) is 7.93. The van der Waals surface area contributed by atoms with E-state index in [1.54, 1.807) is 12.1 Å². The van der Waals surface area contributed by atoms with Crippen LogP contribution < -0.4 is 17.0 Å². The highest BCUT2D eigenvalue weighted by Gasteiger charge is 2.50. The van der Waals surface area contributed by atoms with E-state index >= 15 is 0 Å². The average Bonchev–Trinajstić information content (AvgIpc) is 3.17. The van der Waals surface area contributed by atoms with Gasteiger partial charge in [0, 0.05) is 38.3 Å². The Bertz CT molecular complexity index is 660. The van der Waals surface area contributed by atoms with E-state index in [9.17, 15) is 9.18 Å². The smallest absolute Gasteiger partial charge is 0.410 e. The summed E-state index contributed by atoms with van der Waals surface area (Å²) in [6.07, 6.45) is 8.71. The number of fused-ring (bicyclic) bond motifs is 2. The van der Waals surface area contributed by atoms with E-state index < -0.39 is 0 Å². The first-order valence-electron chi connectivity index (χ1n) is 10.5. The molecular formula is C22H32BrFN2O2. The third kappa shape index (κ3) is 4.38. The lowest BCUT2D eigenvalue weighted by atomic mass is 9.98. The van der Waals surface area contributed by atoms with E-state index in [1.165, 1.54) is 25.0 Å². The van der Waals surface area contributed by atoms with Gasteiger partial charge in [-0.05, 0) is 30.5 Å². The molecule has 1 aromatic carbocycles. The minimum absolute atomic E-state index is 0. The summed E-state index contributed by atoms with van der Waals surface area (Å²) in [5.41, 5.74) is 0.960. The number of benzene rings is 1. The highest BCUT2D eigenvalue weighted by Crippen LogP contribution is 2.40. The SMILES string of the molecule is C[N+]1(C)[C@@H]2CC[C@H]1C[C@@H](OC(=O)N(Cc1ccc(F)cc1)C1CCCC1)C2.[Br-]. The zero-order chi connectivity index (χ0) is 19.0. The Kier molecular flexibility index (Phi) is 6.70. The molecule has 2 bridgehead atoms. The molecule has 0 radical (unpaired) electrons. The number of amides is 1. The fourth-order valence-electron chi connectivity index (χ4n) is 5.48. The molecule has 0 N–H and O–H groups in total. The van der Waals surface area contributed by atoms with Crippen LogP contribution in [0.5, 0.6) is 0 Å². The van der Waals surface area contributed by atoms with Crippen molar-refractivity contribution in [3.8, 4) is 0 Å². The third-order valence-electron chi connectivity index (χ3n) is 7.32. The van der Waals surface area contributed by atoms with Gasteiger partial charge in [0.1, 0.15) is 11.9 Å². The Balaban J connectivity index is 0.00000225. The number of halogens is 2. The van der Waals surface area contributed by atoms with Gasteiger partial charge in [0.15, 0.2) is 0 Å². The van der Waals surface area contributed by atoms with Crippen molar-refractivity contribution in [2.45, 2.75) is 82.1 Å². The molecule has 2 heterocycles. The quantitative estimate of drug-likeness (QED) is 0.644. The van der Waals surface area contributed by atoms with Crippen molar-refractivity contribution in [2.75, 3.05) is 14.1 Å². The number of hydrogen-bond acceptors (Lipinski definition) is 2. The summed E-state index contributed by atoms with van der Waals surface area (Å²) in [7, 11) is 4.64. The van der Waals surface area contributed by atoms with Crippen LogP contribution in [0.1, 0.15) is 56.9 Å². The minimum atomic E-state index is -0.243. The number of carbonyl (C=O) groups excluding carboxylic acids is 1. The van der Waals surface area contributed by atoms with Gasteiger partial charge in [-0.25, -0.2) is 9.18 Å². The van der Waals surface area contributed by atoms with Crippen LogP contribution in [-0.2, 0) is 11.3 Å². The van der Waals surface area contributed by atoms with Gasteiger partial charge in [0.25, 0.3) is 0 Å². The Hall–Kier alpha value is -1.14. The molecule has 3 atom stereocenters. The van der Waals surface area contributed by atoms with Crippen molar-refractivity contribution < 1.29 is 35.4 Å². The van der Waals surface area contributed by atoms with Crippen LogP contribution in [-0.4, -0.2) is 53.8 Å². The van der Waals surface area contributed by atoms with Crippen LogP contribution in [0, 0.1) is 5.82 Å². The maximum atomic E-state index is 13.2. The largest absolute Gasteiger partial charge is 1.00 e. The second-order valence-electron chi connectivity index (χ2n) is 9.18. The van der Waals surface area contributed by atoms with Crippen LogP contribution in [0.4, 0.5) is 9.18 Å². The van der Waals surface area contributed by atoms with Crippen molar-refractivity contribution in [3.63, 3.8) is 0 Å². The second kappa shape index (κ2) is 8.70. The summed E-state index contributed by atoms with van der Waals surface area (Å²) in [5, 5.41) is 0. The Morgan fingerprint density at radius 3 is 2.21 bits per heavy atom. The van der Waals surface area contributed by atoms with Crippen LogP contribution in [0.25, 0.3) is 0 Å². The van der Waals surface area contributed by atoms with E-state index in [-0.39, 0.29) is 41.0 Å². The van der Waals surface area contributed by atoms with E-state index in [0.29, 0.717) is 18.6 Å². The van der Waals surface area contributed by atoms with Gasteiger partial charge in [0.2, 0.25) is 0 Å². The third-order valence-corrected chi connectivity index (χ3v) is 7.32. The molecule has 1 aliphatic carbocycles. The molecule has 156 valence electrons. The van der Waals surface area contributed by atoms with Crippen molar-refractivity contribution >= 4 is 6.09 Å². The molecule has 2 saturated heterocycles. The first-order chi connectivity index (χ1) is 12.9. The molecule has 0 unspecified atom stereocenters. The molecule has 0 aromatic heterocycles. The summed E-state index contributed by atoms with van der Waals surface area (Å²) < 4.78 is 20.3. The molecule has 4 nitrogen and oxygen atoms in total. The van der Waals surface area contributed by atoms with Crippen LogP contribution >= 0.6 is 0 Å². The number of hydrogen-bond donors (Lipinski definition) is 0. The molecule has 4 rings (SSSR count). The maximum Gasteiger partial charge on any atom is 0.410 e. The fourth-order valence-corrected chi connectivity index (χ4v) is 5.48. The zero-order valence-corrected chi connectivity index (χ0v) is 18.5. The van der Waals surface area contributed by atoms with Crippen LogP contribution in [0.15, 0.2) is 24.3 Å². The predicted octanol–water partition coefficient (Wildman–Crippen LogP) is 1.48. The average molecular weight is 455 g/mol. The molecule has 2 aliphatic heterocycles. The van der Waals surface area contributed by atoms with Gasteiger partial charge >= 0.3 is 6.09 Å². The molecule has 1 amide bonds. The molecule has 6 heteroatoms. The molecule has 0 spiro atoms. The molecule has 1 saturated carbocycles. The highest BCUT2D eigenvalue weighted by atomic mass is 79.9. The number of piperidine rings is 1. The number of quaternary nitrogens is 1. The number of ether oxygens (including phenoxy) is 1. The van der Waals surface area contributed by atoms with Crippen molar-refractivity contribution in [1.82, 2.24) is 4.90 Å². The Labute approximate surface area is 178 Å². The molecular weight excluding hydrogens is 423 g/mol. The lowest BCUT2D eigenvalue weighted by Crippen LogP contribution is -3.00. The first-order valence-corrected chi connectivity index (χ1v) is 10.5. The predicted molar refractivity (Wildman–Crippen MR) is 103 cm³/mol. The molecule has 1 aromatic rings. The van der Waals surface area contributed by atoms with E-state index in [1.807, 2.05) is 4.90 Å². The van der Waals surface area contributed by atoms with Gasteiger partial charge in [-0.3, -0.25) is 0 Å². The lowest BCUT2D eigenvalue weighted by molar-refractivity contribution is -0.931. The normalized spacial score (nSPS) is 28.6. The topological polar surface area (TPSA) is 29.5 Å².